The summed E-state index contributed by atoms with van der Waals surface area (Å²) in [5.74, 6) is 0.940. The van der Waals surface area contributed by atoms with E-state index in [2.05, 4.69) is 37.0 Å². The maximum atomic E-state index is 6.01. The molecule has 2 nitrogen and oxygen atoms in total. The van der Waals surface area contributed by atoms with Gasteiger partial charge in [0.05, 0.1) is 6.54 Å². The Bertz CT molecular complexity index is 536. The Morgan fingerprint density at radius 1 is 1.10 bits per heavy atom. The van der Waals surface area contributed by atoms with Crippen molar-refractivity contribution < 1.29 is 4.74 Å². The lowest BCUT2D eigenvalue weighted by Gasteiger charge is -2.18. The highest BCUT2D eigenvalue weighted by Gasteiger charge is 2.07. The highest BCUT2D eigenvalue weighted by molar-refractivity contribution is 5.42. The van der Waals surface area contributed by atoms with Gasteiger partial charge in [0.1, 0.15) is 11.9 Å². The molecule has 20 heavy (non-hydrogen) atoms. The second kappa shape index (κ2) is 7.39. The molecule has 2 aromatic carbocycles. The zero-order valence-corrected chi connectivity index (χ0v) is 11.9. The van der Waals surface area contributed by atoms with Gasteiger partial charge < -0.3 is 10.1 Å². The van der Waals surface area contributed by atoms with Crippen LogP contribution in [0.1, 0.15) is 12.5 Å². The molecule has 0 aliphatic carbocycles. The number of ether oxygens (including phenoxy) is 1. The van der Waals surface area contributed by atoms with Crippen LogP contribution in [-0.4, -0.2) is 12.6 Å². The molecule has 1 atom stereocenters. The molecule has 2 heteroatoms. The minimum absolute atomic E-state index is 0.0983. The molecule has 0 amide bonds. The van der Waals surface area contributed by atoms with Gasteiger partial charge in [-0.15, -0.1) is 6.58 Å². The van der Waals surface area contributed by atoms with Crippen molar-refractivity contribution in [2.75, 3.05) is 11.9 Å². The molecule has 0 aliphatic heterocycles. The van der Waals surface area contributed by atoms with E-state index in [4.69, 9.17) is 4.74 Å². The summed E-state index contributed by atoms with van der Waals surface area (Å²) in [7, 11) is 0. The van der Waals surface area contributed by atoms with E-state index < -0.39 is 0 Å². The highest BCUT2D eigenvalue weighted by Crippen LogP contribution is 2.20. The molecule has 0 spiro atoms. The molecular formula is C18H21NO. The molecule has 0 fully saturated rings. The SMILES string of the molecule is C=CCc1ccccc1OC(C)CNc1ccccc1. The van der Waals surface area contributed by atoms with Gasteiger partial charge in [-0.1, -0.05) is 42.5 Å². The van der Waals surface area contributed by atoms with Gasteiger partial charge >= 0.3 is 0 Å². The lowest BCUT2D eigenvalue weighted by molar-refractivity contribution is 0.233. The largest absolute Gasteiger partial charge is 0.489 e. The smallest absolute Gasteiger partial charge is 0.123 e. The first-order chi connectivity index (χ1) is 9.79. The van der Waals surface area contributed by atoms with E-state index in [1.165, 1.54) is 5.56 Å². The number of hydrogen-bond donors (Lipinski definition) is 1. The van der Waals surface area contributed by atoms with Crippen molar-refractivity contribution in [1.29, 1.82) is 0 Å². The number of hydrogen-bond acceptors (Lipinski definition) is 2. The van der Waals surface area contributed by atoms with Crippen LogP contribution >= 0.6 is 0 Å². The Morgan fingerprint density at radius 2 is 1.80 bits per heavy atom. The van der Waals surface area contributed by atoms with Gasteiger partial charge in [0, 0.05) is 5.69 Å². The van der Waals surface area contributed by atoms with Crippen LogP contribution < -0.4 is 10.1 Å². The molecule has 0 heterocycles. The molecule has 0 aromatic heterocycles. The van der Waals surface area contributed by atoms with Crippen molar-refractivity contribution in [2.45, 2.75) is 19.4 Å². The monoisotopic (exact) mass is 267 g/mol. The zero-order chi connectivity index (χ0) is 14.2. The molecule has 0 saturated carbocycles. The Morgan fingerprint density at radius 3 is 2.55 bits per heavy atom. The summed E-state index contributed by atoms with van der Waals surface area (Å²) in [4.78, 5) is 0. The van der Waals surface area contributed by atoms with E-state index in [1.807, 2.05) is 42.5 Å². The first-order valence-corrected chi connectivity index (χ1v) is 6.94. The predicted octanol–water partition coefficient (Wildman–Crippen LogP) is 4.29. The molecule has 2 rings (SSSR count). The van der Waals surface area contributed by atoms with Gasteiger partial charge in [-0.25, -0.2) is 0 Å². The molecular weight excluding hydrogens is 246 g/mol. The third-order valence-electron chi connectivity index (χ3n) is 3.03. The number of benzene rings is 2. The molecule has 0 bridgehead atoms. The summed E-state index contributed by atoms with van der Waals surface area (Å²) in [6, 6.07) is 18.3. The zero-order valence-electron chi connectivity index (χ0n) is 11.9. The van der Waals surface area contributed by atoms with Gasteiger partial charge in [0.15, 0.2) is 0 Å². The Hall–Kier alpha value is -2.22. The fourth-order valence-electron chi connectivity index (χ4n) is 2.02. The van der Waals surface area contributed by atoms with Crippen molar-refractivity contribution >= 4 is 5.69 Å². The van der Waals surface area contributed by atoms with E-state index in [9.17, 15) is 0 Å². The first-order valence-electron chi connectivity index (χ1n) is 6.94. The predicted molar refractivity (Wildman–Crippen MR) is 85.4 cm³/mol. The van der Waals surface area contributed by atoms with Crippen LogP contribution in [0.3, 0.4) is 0 Å². The molecule has 2 aromatic rings. The minimum atomic E-state index is 0.0983. The second-order valence-electron chi connectivity index (χ2n) is 4.78. The fraction of sp³-hybridized carbons (Fsp3) is 0.222. The van der Waals surface area contributed by atoms with Gasteiger partial charge in [-0.3, -0.25) is 0 Å². The number of allylic oxidation sites excluding steroid dienone is 1. The quantitative estimate of drug-likeness (QED) is 0.755. The highest BCUT2D eigenvalue weighted by atomic mass is 16.5. The normalized spacial score (nSPS) is 11.7. The average Bonchev–Trinajstić information content (AvgIpc) is 2.49. The molecule has 0 saturated heterocycles. The molecule has 0 aliphatic rings. The van der Waals surface area contributed by atoms with Crippen LogP contribution in [-0.2, 0) is 6.42 Å². The molecule has 1 N–H and O–H groups in total. The topological polar surface area (TPSA) is 21.3 Å². The summed E-state index contributed by atoms with van der Waals surface area (Å²) >= 11 is 0. The molecule has 1 unspecified atom stereocenters. The maximum absolute atomic E-state index is 6.01. The lowest BCUT2D eigenvalue weighted by atomic mass is 10.1. The Labute approximate surface area is 121 Å². The molecule has 104 valence electrons. The maximum Gasteiger partial charge on any atom is 0.123 e. The van der Waals surface area contributed by atoms with Crippen molar-refractivity contribution in [3.8, 4) is 5.75 Å². The average molecular weight is 267 g/mol. The van der Waals surface area contributed by atoms with Crippen LogP contribution in [0.4, 0.5) is 5.69 Å². The van der Waals surface area contributed by atoms with Gasteiger partial charge in [0.25, 0.3) is 0 Å². The van der Waals surface area contributed by atoms with E-state index in [0.717, 1.165) is 24.4 Å². The van der Waals surface area contributed by atoms with Gasteiger partial charge in [-0.2, -0.15) is 0 Å². The summed E-state index contributed by atoms with van der Waals surface area (Å²) in [5, 5.41) is 3.37. The summed E-state index contributed by atoms with van der Waals surface area (Å²) in [6.45, 7) is 6.62. The van der Waals surface area contributed by atoms with Crippen molar-refractivity contribution in [1.82, 2.24) is 0 Å². The Balaban J connectivity index is 1.91. The van der Waals surface area contributed by atoms with E-state index in [1.54, 1.807) is 0 Å². The van der Waals surface area contributed by atoms with Crippen molar-refractivity contribution in [2.24, 2.45) is 0 Å². The van der Waals surface area contributed by atoms with Crippen molar-refractivity contribution in [3.63, 3.8) is 0 Å². The number of rotatable bonds is 7. The van der Waals surface area contributed by atoms with E-state index in [0.29, 0.717) is 0 Å². The number of anilines is 1. The third kappa shape index (κ3) is 4.16. The van der Waals surface area contributed by atoms with Crippen LogP contribution in [0.25, 0.3) is 0 Å². The summed E-state index contributed by atoms with van der Waals surface area (Å²) in [5.41, 5.74) is 2.29. The van der Waals surface area contributed by atoms with Crippen LogP contribution in [0.15, 0.2) is 67.3 Å². The third-order valence-corrected chi connectivity index (χ3v) is 3.03. The van der Waals surface area contributed by atoms with Crippen LogP contribution in [0, 0.1) is 0 Å². The fourth-order valence-corrected chi connectivity index (χ4v) is 2.02. The molecule has 0 radical (unpaired) electrons. The summed E-state index contributed by atoms with van der Waals surface area (Å²) in [6.07, 6.45) is 2.82. The van der Waals surface area contributed by atoms with Crippen LogP contribution in [0.2, 0.25) is 0 Å². The van der Waals surface area contributed by atoms with E-state index >= 15 is 0 Å². The Kier molecular flexibility index (Phi) is 5.24. The van der Waals surface area contributed by atoms with Gasteiger partial charge in [0.2, 0.25) is 0 Å². The van der Waals surface area contributed by atoms with Gasteiger partial charge in [-0.05, 0) is 37.1 Å². The number of para-hydroxylation sites is 2. The summed E-state index contributed by atoms with van der Waals surface area (Å²) < 4.78 is 6.01. The first kappa shape index (κ1) is 14.2. The van der Waals surface area contributed by atoms with Crippen LogP contribution in [0.5, 0.6) is 5.75 Å². The minimum Gasteiger partial charge on any atom is -0.489 e. The second-order valence-corrected chi connectivity index (χ2v) is 4.78. The number of nitrogens with one attached hydrogen (secondary N) is 1. The van der Waals surface area contributed by atoms with E-state index in [-0.39, 0.29) is 6.10 Å². The van der Waals surface area contributed by atoms with Crippen molar-refractivity contribution in [3.05, 3.63) is 72.8 Å². The standard InChI is InChI=1S/C18H21NO/c1-3-9-16-10-7-8-13-18(16)20-15(2)14-19-17-11-5-4-6-12-17/h3-8,10-13,15,19H,1,9,14H2,2H3. The lowest BCUT2D eigenvalue weighted by Crippen LogP contribution is -2.23.